The van der Waals surface area contributed by atoms with E-state index in [0.717, 1.165) is 18.5 Å². The van der Waals surface area contributed by atoms with Crippen molar-refractivity contribution in [3.05, 3.63) is 24.3 Å². The Balaban J connectivity index is 2.66. The van der Waals surface area contributed by atoms with Crippen molar-refractivity contribution in [1.29, 1.82) is 0 Å². The molecule has 130 valence electrons. The van der Waals surface area contributed by atoms with Crippen LogP contribution < -0.4 is 16.4 Å². The number of hydrogen-bond donors (Lipinski definition) is 3. The summed E-state index contributed by atoms with van der Waals surface area (Å²) in [5.74, 6) is 0. The van der Waals surface area contributed by atoms with Gasteiger partial charge in [-0.2, -0.15) is 0 Å². The zero-order chi connectivity index (χ0) is 17.3. The minimum atomic E-state index is -0.522. The molecule has 1 amide bonds. The second-order valence-electron chi connectivity index (χ2n) is 6.44. The maximum Gasteiger partial charge on any atom is 0.412 e. The summed E-state index contributed by atoms with van der Waals surface area (Å²) in [6, 6.07) is 7.70. The second-order valence-corrected chi connectivity index (χ2v) is 6.44. The van der Waals surface area contributed by atoms with Gasteiger partial charge in [-0.05, 0) is 58.4 Å². The highest BCUT2D eigenvalue weighted by Crippen LogP contribution is 2.18. The third kappa shape index (κ3) is 8.42. The van der Waals surface area contributed by atoms with Crippen molar-refractivity contribution in [2.45, 2.75) is 45.3 Å². The van der Waals surface area contributed by atoms with Gasteiger partial charge < -0.3 is 20.5 Å². The highest BCUT2D eigenvalue weighted by molar-refractivity contribution is 5.85. The first-order chi connectivity index (χ1) is 10.8. The topological polar surface area (TPSA) is 85.6 Å². The van der Waals surface area contributed by atoms with E-state index in [9.17, 15) is 4.79 Å². The molecule has 0 aliphatic carbocycles. The zero-order valence-corrected chi connectivity index (χ0v) is 14.5. The number of nitrogens with two attached hydrogens (primary N) is 1. The summed E-state index contributed by atoms with van der Waals surface area (Å²) in [7, 11) is 1.68. The number of nitrogens with one attached hydrogen (secondary N) is 2. The van der Waals surface area contributed by atoms with Crippen LogP contribution in [0.3, 0.4) is 0 Å². The van der Waals surface area contributed by atoms with Gasteiger partial charge in [0.2, 0.25) is 0 Å². The molecule has 4 N–H and O–H groups in total. The minimum Gasteiger partial charge on any atom is -0.444 e. The van der Waals surface area contributed by atoms with Crippen LogP contribution in [0.4, 0.5) is 16.2 Å². The molecule has 0 heterocycles. The third-order valence-electron chi connectivity index (χ3n) is 3.00. The molecule has 0 saturated heterocycles. The van der Waals surface area contributed by atoms with Crippen molar-refractivity contribution in [3.63, 3.8) is 0 Å². The lowest BCUT2D eigenvalue weighted by atomic mass is 10.1. The molecule has 0 aliphatic heterocycles. The summed E-state index contributed by atoms with van der Waals surface area (Å²) in [6.45, 7) is 6.75. The van der Waals surface area contributed by atoms with E-state index < -0.39 is 11.7 Å². The Labute approximate surface area is 138 Å². The fourth-order valence-corrected chi connectivity index (χ4v) is 2.11. The van der Waals surface area contributed by atoms with Crippen LogP contribution in [0.25, 0.3) is 0 Å². The van der Waals surface area contributed by atoms with E-state index in [1.165, 1.54) is 0 Å². The van der Waals surface area contributed by atoms with Crippen LogP contribution in [0, 0.1) is 0 Å². The van der Waals surface area contributed by atoms with Gasteiger partial charge in [-0.1, -0.05) is 6.07 Å². The van der Waals surface area contributed by atoms with E-state index in [1.807, 2.05) is 45.0 Å². The van der Waals surface area contributed by atoms with Crippen molar-refractivity contribution in [3.8, 4) is 0 Å². The smallest absolute Gasteiger partial charge is 0.412 e. The predicted molar refractivity (Wildman–Crippen MR) is 93.9 cm³/mol. The Hall–Kier alpha value is -1.79. The zero-order valence-electron chi connectivity index (χ0n) is 14.5. The Morgan fingerprint density at radius 2 is 2.00 bits per heavy atom. The number of rotatable bonds is 8. The van der Waals surface area contributed by atoms with E-state index in [0.29, 0.717) is 18.8 Å². The van der Waals surface area contributed by atoms with Gasteiger partial charge in [-0.15, -0.1) is 0 Å². The number of ether oxygens (including phenoxy) is 2. The van der Waals surface area contributed by atoms with E-state index in [2.05, 4.69) is 10.6 Å². The maximum atomic E-state index is 11.8. The van der Waals surface area contributed by atoms with Crippen molar-refractivity contribution >= 4 is 17.5 Å². The lowest BCUT2D eigenvalue weighted by Gasteiger charge is -2.21. The predicted octanol–water partition coefficient (Wildman–Crippen LogP) is 3.20. The average Bonchev–Trinajstić information content (AvgIpc) is 2.43. The number of amides is 1. The summed E-state index contributed by atoms with van der Waals surface area (Å²) in [5.41, 5.74) is 6.64. The Morgan fingerprint density at radius 3 is 2.61 bits per heavy atom. The van der Waals surface area contributed by atoms with Crippen molar-refractivity contribution < 1.29 is 14.3 Å². The van der Waals surface area contributed by atoms with Gasteiger partial charge in [-0.3, -0.25) is 5.32 Å². The van der Waals surface area contributed by atoms with Crippen LogP contribution in [0.2, 0.25) is 0 Å². The van der Waals surface area contributed by atoms with Crippen LogP contribution in [-0.2, 0) is 9.47 Å². The molecule has 0 bridgehead atoms. The van der Waals surface area contributed by atoms with Gasteiger partial charge in [0.15, 0.2) is 0 Å². The molecule has 23 heavy (non-hydrogen) atoms. The molecule has 1 atom stereocenters. The first-order valence-corrected chi connectivity index (χ1v) is 7.89. The molecular formula is C17H29N3O3. The molecule has 1 rings (SSSR count). The summed E-state index contributed by atoms with van der Waals surface area (Å²) in [6.07, 6.45) is 1.39. The number of carbonyl (C=O) groups excluding carboxylic acids is 1. The van der Waals surface area contributed by atoms with E-state index in [-0.39, 0.29) is 6.04 Å². The molecule has 0 aromatic heterocycles. The average molecular weight is 323 g/mol. The molecular weight excluding hydrogens is 294 g/mol. The van der Waals surface area contributed by atoms with Gasteiger partial charge in [-0.25, -0.2) is 4.79 Å². The number of benzene rings is 1. The third-order valence-corrected chi connectivity index (χ3v) is 3.00. The standard InChI is InChI=1S/C17H29N3O3/c1-17(2,3)23-16(21)20-14-8-5-7-13(11-14)19-15(12-22-4)9-6-10-18/h5,7-8,11,15,19H,6,9-10,12,18H2,1-4H3,(H,20,21). The van der Waals surface area contributed by atoms with Gasteiger partial charge in [0.1, 0.15) is 5.60 Å². The summed E-state index contributed by atoms with van der Waals surface area (Å²) >= 11 is 0. The van der Waals surface area contributed by atoms with Crippen LogP contribution in [-0.4, -0.2) is 38.0 Å². The van der Waals surface area contributed by atoms with Gasteiger partial charge in [0.05, 0.1) is 6.61 Å². The van der Waals surface area contributed by atoms with Gasteiger partial charge in [0.25, 0.3) is 0 Å². The van der Waals surface area contributed by atoms with E-state index >= 15 is 0 Å². The first-order valence-electron chi connectivity index (χ1n) is 7.89. The van der Waals surface area contributed by atoms with E-state index in [1.54, 1.807) is 7.11 Å². The maximum absolute atomic E-state index is 11.8. The fourth-order valence-electron chi connectivity index (χ4n) is 2.11. The van der Waals surface area contributed by atoms with Crippen molar-refractivity contribution in [1.82, 2.24) is 0 Å². The lowest BCUT2D eigenvalue weighted by molar-refractivity contribution is 0.0636. The van der Waals surface area contributed by atoms with Crippen molar-refractivity contribution in [2.75, 3.05) is 30.9 Å². The number of carbonyl (C=O) groups is 1. The normalized spacial score (nSPS) is 12.6. The number of hydrogen-bond acceptors (Lipinski definition) is 5. The minimum absolute atomic E-state index is 0.181. The second kappa shape index (κ2) is 9.37. The Bertz CT molecular complexity index is 486. The quantitative estimate of drug-likeness (QED) is 0.684. The monoisotopic (exact) mass is 323 g/mol. The molecule has 0 spiro atoms. The van der Waals surface area contributed by atoms with Crippen LogP contribution >= 0.6 is 0 Å². The van der Waals surface area contributed by atoms with Crippen LogP contribution in [0.15, 0.2) is 24.3 Å². The Morgan fingerprint density at radius 1 is 1.30 bits per heavy atom. The largest absolute Gasteiger partial charge is 0.444 e. The van der Waals surface area contributed by atoms with Gasteiger partial charge in [0, 0.05) is 24.5 Å². The molecule has 1 aromatic rings. The molecule has 6 nitrogen and oxygen atoms in total. The highest BCUT2D eigenvalue weighted by Gasteiger charge is 2.16. The molecule has 6 heteroatoms. The molecule has 0 saturated carbocycles. The van der Waals surface area contributed by atoms with Crippen molar-refractivity contribution in [2.24, 2.45) is 5.73 Å². The lowest BCUT2D eigenvalue weighted by Crippen LogP contribution is -2.27. The summed E-state index contributed by atoms with van der Waals surface area (Å²) in [5, 5.41) is 6.14. The van der Waals surface area contributed by atoms with Gasteiger partial charge >= 0.3 is 6.09 Å². The van der Waals surface area contributed by atoms with Crippen LogP contribution in [0.5, 0.6) is 0 Å². The number of anilines is 2. The molecule has 0 radical (unpaired) electrons. The van der Waals surface area contributed by atoms with Crippen LogP contribution in [0.1, 0.15) is 33.6 Å². The molecule has 1 aromatic carbocycles. The Kier molecular flexibility index (Phi) is 7.85. The first kappa shape index (κ1) is 19.3. The number of methoxy groups -OCH3 is 1. The summed E-state index contributed by atoms with van der Waals surface area (Å²) < 4.78 is 10.5. The molecule has 0 fully saturated rings. The molecule has 0 aliphatic rings. The fraction of sp³-hybridized carbons (Fsp3) is 0.588. The SMILES string of the molecule is COCC(CCCN)Nc1cccc(NC(=O)OC(C)(C)C)c1. The van der Waals surface area contributed by atoms with E-state index in [4.69, 9.17) is 15.2 Å². The molecule has 1 unspecified atom stereocenters. The highest BCUT2D eigenvalue weighted by atomic mass is 16.6. The summed E-state index contributed by atoms with van der Waals surface area (Å²) in [4.78, 5) is 11.8.